The number of amides is 1. The number of carbonyl (C=O) groups is 1. The number of anilines is 1. The van der Waals surface area contributed by atoms with Crippen molar-refractivity contribution in [3.8, 4) is 16.9 Å². The van der Waals surface area contributed by atoms with Gasteiger partial charge in [-0.15, -0.1) is 12.4 Å². The van der Waals surface area contributed by atoms with E-state index < -0.39 is 0 Å². The quantitative estimate of drug-likeness (QED) is 0.625. The predicted octanol–water partition coefficient (Wildman–Crippen LogP) is 4.56. The number of benzene rings is 1. The SMILES string of the molecule is COc1ccc(N2C[C@H](C)n3ncc(-c4ccnc(C)c4)c3C2=O)cc1Cl.Cl. The third kappa shape index (κ3) is 3.34. The third-order valence-corrected chi connectivity index (χ3v) is 5.06. The highest BCUT2D eigenvalue weighted by Gasteiger charge is 2.34. The number of aryl methyl sites for hydroxylation is 1. The highest BCUT2D eigenvalue weighted by Crippen LogP contribution is 2.35. The Balaban J connectivity index is 0.00000225. The Hall–Kier alpha value is -2.57. The first-order valence-electron chi connectivity index (χ1n) is 8.65. The molecule has 0 bridgehead atoms. The molecule has 1 atom stereocenters. The monoisotopic (exact) mass is 418 g/mol. The highest BCUT2D eigenvalue weighted by atomic mass is 35.5. The Morgan fingerprint density at radius 1 is 1.25 bits per heavy atom. The minimum absolute atomic E-state index is 0. The molecule has 0 fully saturated rings. The van der Waals surface area contributed by atoms with Gasteiger partial charge in [-0.25, -0.2) is 0 Å². The number of nitrogens with zero attached hydrogens (tertiary/aromatic N) is 4. The zero-order valence-corrected chi connectivity index (χ0v) is 17.3. The topological polar surface area (TPSA) is 60.2 Å². The average Bonchev–Trinajstić information content (AvgIpc) is 3.11. The van der Waals surface area contributed by atoms with E-state index in [2.05, 4.69) is 10.1 Å². The zero-order chi connectivity index (χ0) is 19.1. The molecule has 8 heteroatoms. The molecule has 4 rings (SSSR count). The number of rotatable bonds is 3. The molecule has 0 unspecified atom stereocenters. The lowest BCUT2D eigenvalue weighted by Crippen LogP contribution is -2.42. The van der Waals surface area contributed by atoms with E-state index >= 15 is 0 Å². The lowest BCUT2D eigenvalue weighted by atomic mass is 10.0. The maximum absolute atomic E-state index is 13.3. The van der Waals surface area contributed by atoms with E-state index in [-0.39, 0.29) is 24.4 Å². The number of fused-ring (bicyclic) bond motifs is 1. The van der Waals surface area contributed by atoms with Gasteiger partial charge in [0.1, 0.15) is 11.4 Å². The molecule has 1 aliphatic heterocycles. The van der Waals surface area contributed by atoms with E-state index in [0.29, 0.717) is 23.0 Å². The number of halogens is 2. The van der Waals surface area contributed by atoms with Crippen LogP contribution in [0.4, 0.5) is 5.69 Å². The molecule has 1 amide bonds. The summed E-state index contributed by atoms with van der Waals surface area (Å²) >= 11 is 6.27. The number of hydrogen-bond acceptors (Lipinski definition) is 4. The van der Waals surface area contributed by atoms with Crippen LogP contribution in [0.25, 0.3) is 11.1 Å². The summed E-state index contributed by atoms with van der Waals surface area (Å²) in [4.78, 5) is 19.3. The maximum atomic E-state index is 13.3. The third-order valence-electron chi connectivity index (χ3n) is 4.76. The summed E-state index contributed by atoms with van der Waals surface area (Å²) in [5, 5.41) is 4.94. The van der Waals surface area contributed by atoms with Crippen LogP contribution in [-0.4, -0.2) is 34.3 Å². The fourth-order valence-corrected chi connectivity index (χ4v) is 3.68. The summed E-state index contributed by atoms with van der Waals surface area (Å²) in [5.74, 6) is 0.479. The fourth-order valence-electron chi connectivity index (χ4n) is 3.43. The number of methoxy groups -OCH3 is 1. The molecule has 146 valence electrons. The van der Waals surface area contributed by atoms with Gasteiger partial charge < -0.3 is 9.64 Å². The largest absolute Gasteiger partial charge is 0.495 e. The molecule has 0 saturated heterocycles. The lowest BCUT2D eigenvalue weighted by Gasteiger charge is -2.32. The first kappa shape index (κ1) is 20.2. The van der Waals surface area contributed by atoms with Crippen molar-refractivity contribution >= 4 is 35.6 Å². The van der Waals surface area contributed by atoms with Crippen LogP contribution in [0, 0.1) is 6.92 Å². The summed E-state index contributed by atoms with van der Waals surface area (Å²) in [7, 11) is 1.57. The summed E-state index contributed by atoms with van der Waals surface area (Å²) in [6.07, 6.45) is 3.50. The second-order valence-corrected chi connectivity index (χ2v) is 7.03. The van der Waals surface area contributed by atoms with Crippen LogP contribution >= 0.6 is 24.0 Å². The first-order valence-corrected chi connectivity index (χ1v) is 9.03. The van der Waals surface area contributed by atoms with E-state index in [1.54, 1.807) is 41.2 Å². The van der Waals surface area contributed by atoms with Crippen molar-refractivity contribution in [3.05, 3.63) is 59.1 Å². The van der Waals surface area contributed by atoms with Gasteiger partial charge in [-0.1, -0.05) is 11.6 Å². The minimum atomic E-state index is -0.101. The molecule has 0 spiro atoms. The number of hydrogen-bond donors (Lipinski definition) is 0. The number of carbonyl (C=O) groups excluding carboxylic acids is 1. The van der Waals surface area contributed by atoms with E-state index in [1.807, 2.05) is 32.0 Å². The van der Waals surface area contributed by atoms with Gasteiger partial charge in [0.25, 0.3) is 5.91 Å². The van der Waals surface area contributed by atoms with Crippen LogP contribution in [0.5, 0.6) is 5.75 Å². The molecule has 3 aromatic rings. The highest BCUT2D eigenvalue weighted by molar-refractivity contribution is 6.32. The minimum Gasteiger partial charge on any atom is -0.495 e. The smallest absolute Gasteiger partial charge is 0.277 e. The van der Waals surface area contributed by atoms with Crippen molar-refractivity contribution in [2.45, 2.75) is 19.9 Å². The van der Waals surface area contributed by atoms with Crippen LogP contribution < -0.4 is 9.64 Å². The van der Waals surface area contributed by atoms with Crippen LogP contribution in [0.3, 0.4) is 0 Å². The van der Waals surface area contributed by atoms with Gasteiger partial charge in [-0.05, 0) is 49.7 Å². The van der Waals surface area contributed by atoms with Gasteiger partial charge in [-0.2, -0.15) is 5.10 Å². The molecule has 28 heavy (non-hydrogen) atoms. The van der Waals surface area contributed by atoms with Crippen molar-refractivity contribution in [1.29, 1.82) is 0 Å². The number of aromatic nitrogens is 3. The fraction of sp³-hybridized carbons (Fsp3) is 0.250. The summed E-state index contributed by atoms with van der Waals surface area (Å²) in [6.45, 7) is 4.49. The second-order valence-electron chi connectivity index (χ2n) is 6.62. The molecule has 1 aromatic carbocycles. The first-order chi connectivity index (χ1) is 13.0. The molecule has 0 aliphatic carbocycles. The van der Waals surface area contributed by atoms with Gasteiger partial charge in [0.05, 0.1) is 24.4 Å². The molecule has 1 aliphatic rings. The molecule has 3 heterocycles. The van der Waals surface area contributed by atoms with Crippen molar-refractivity contribution < 1.29 is 9.53 Å². The van der Waals surface area contributed by atoms with Crippen LogP contribution in [0.15, 0.2) is 42.7 Å². The summed E-state index contributed by atoms with van der Waals surface area (Å²) in [6, 6.07) is 9.26. The molecule has 0 saturated carbocycles. The maximum Gasteiger partial charge on any atom is 0.277 e. The van der Waals surface area contributed by atoms with Gasteiger partial charge >= 0.3 is 0 Å². The standard InChI is InChI=1S/C20H19ClN4O2.ClH/c1-12-8-14(6-7-22-12)16-10-23-25-13(2)11-24(20(26)19(16)25)15-4-5-18(27-3)17(21)9-15;/h4-10,13H,11H2,1-3H3;1H/t13-;/m0./s1. The zero-order valence-electron chi connectivity index (χ0n) is 15.7. The Labute approximate surface area is 174 Å². The van der Waals surface area contributed by atoms with Crippen LogP contribution in [-0.2, 0) is 0 Å². The van der Waals surface area contributed by atoms with Crippen molar-refractivity contribution in [2.75, 3.05) is 18.6 Å². The predicted molar refractivity (Wildman–Crippen MR) is 112 cm³/mol. The van der Waals surface area contributed by atoms with Gasteiger partial charge in [-0.3, -0.25) is 14.5 Å². The summed E-state index contributed by atoms with van der Waals surface area (Å²) < 4.78 is 7.01. The molecular weight excluding hydrogens is 399 g/mol. The van der Waals surface area contributed by atoms with Crippen molar-refractivity contribution in [1.82, 2.24) is 14.8 Å². The van der Waals surface area contributed by atoms with Gasteiger partial charge in [0, 0.05) is 29.7 Å². The van der Waals surface area contributed by atoms with Crippen LogP contribution in [0.1, 0.15) is 29.1 Å². The normalized spacial score (nSPS) is 15.8. The summed E-state index contributed by atoms with van der Waals surface area (Å²) in [5.41, 5.74) is 3.94. The second kappa shape index (κ2) is 7.81. The Kier molecular flexibility index (Phi) is 5.63. The van der Waals surface area contributed by atoms with Crippen LogP contribution in [0.2, 0.25) is 5.02 Å². The number of pyridine rings is 1. The lowest BCUT2D eigenvalue weighted by molar-refractivity contribution is 0.0954. The van der Waals surface area contributed by atoms with Crippen molar-refractivity contribution in [3.63, 3.8) is 0 Å². The molecule has 6 nitrogen and oxygen atoms in total. The molecule has 0 radical (unpaired) electrons. The van der Waals surface area contributed by atoms with E-state index in [1.165, 1.54) is 0 Å². The Morgan fingerprint density at radius 2 is 2.04 bits per heavy atom. The van der Waals surface area contributed by atoms with E-state index in [9.17, 15) is 4.79 Å². The molecule has 0 N–H and O–H groups in total. The van der Waals surface area contributed by atoms with Crippen molar-refractivity contribution in [2.24, 2.45) is 0 Å². The number of ether oxygens (including phenoxy) is 1. The Bertz CT molecular complexity index is 1030. The molecule has 2 aromatic heterocycles. The van der Waals surface area contributed by atoms with E-state index in [0.717, 1.165) is 22.5 Å². The Morgan fingerprint density at radius 3 is 2.71 bits per heavy atom. The molecular formula is C20H20Cl2N4O2. The van der Waals surface area contributed by atoms with Gasteiger partial charge in [0.15, 0.2) is 0 Å². The van der Waals surface area contributed by atoms with E-state index in [4.69, 9.17) is 16.3 Å². The average molecular weight is 419 g/mol. The van der Waals surface area contributed by atoms with Gasteiger partial charge in [0.2, 0.25) is 0 Å².